The van der Waals surface area contributed by atoms with Crippen molar-refractivity contribution in [1.82, 2.24) is 0 Å². The third kappa shape index (κ3) is 3.32. The van der Waals surface area contributed by atoms with Crippen LogP contribution in [0.2, 0.25) is 0 Å². The van der Waals surface area contributed by atoms with Crippen molar-refractivity contribution in [1.29, 1.82) is 0 Å². The average molecular weight is 427 g/mol. The fourth-order valence-corrected chi connectivity index (χ4v) is 3.73. The zero-order valence-corrected chi connectivity index (χ0v) is 13.6. The van der Waals surface area contributed by atoms with E-state index in [1.807, 2.05) is 24.3 Å². The Morgan fingerprint density at radius 3 is 2.50 bits per heavy atom. The van der Waals surface area contributed by atoms with Gasteiger partial charge in [-0.3, -0.25) is 0 Å². The summed E-state index contributed by atoms with van der Waals surface area (Å²) in [6, 6.07) is 9.96. The van der Waals surface area contributed by atoms with Gasteiger partial charge in [-0.15, -0.1) is 11.3 Å². The Morgan fingerprint density at radius 2 is 1.88 bits per heavy atom. The lowest BCUT2D eigenvalue weighted by Crippen LogP contribution is -1.93. The van der Waals surface area contributed by atoms with E-state index in [0.29, 0.717) is 6.61 Å². The molecule has 1 nitrogen and oxygen atoms in total. The number of hydrogen-bond acceptors (Lipinski definition) is 2. The molecule has 0 aliphatic heterocycles. The highest BCUT2D eigenvalue weighted by atomic mass is 79.9. The van der Waals surface area contributed by atoms with Gasteiger partial charge in [0, 0.05) is 9.35 Å². The average Bonchev–Trinajstić information content (AvgIpc) is 2.63. The van der Waals surface area contributed by atoms with Crippen LogP contribution in [0.15, 0.2) is 43.1 Å². The van der Waals surface area contributed by atoms with Crippen molar-refractivity contribution < 1.29 is 4.74 Å². The summed E-state index contributed by atoms with van der Waals surface area (Å²) in [5.74, 6) is 0.854. The van der Waals surface area contributed by atoms with Gasteiger partial charge in [0.15, 0.2) is 0 Å². The standard InChI is InChI=1S/C11H7Br3OS/c12-7-1-3-10(9(13)5-7)15-6-8-2-4-11(14)16-8/h1-5H,6H2. The number of thiophene rings is 1. The maximum Gasteiger partial charge on any atom is 0.134 e. The molecule has 84 valence electrons. The first kappa shape index (κ1) is 12.6. The van der Waals surface area contributed by atoms with Crippen LogP contribution < -0.4 is 4.74 Å². The highest BCUT2D eigenvalue weighted by Crippen LogP contribution is 2.30. The molecule has 1 aromatic heterocycles. The SMILES string of the molecule is Brc1ccc(OCc2ccc(Br)s2)c(Br)c1. The Labute approximate surface area is 123 Å². The minimum absolute atomic E-state index is 0.594. The van der Waals surface area contributed by atoms with Gasteiger partial charge in [0.1, 0.15) is 12.4 Å². The number of hydrogen-bond donors (Lipinski definition) is 0. The molecule has 0 unspecified atom stereocenters. The normalized spacial score (nSPS) is 10.4. The van der Waals surface area contributed by atoms with E-state index in [9.17, 15) is 0 Å². The fraction of sp³-hybridized carbons (Fsp3) is 0.0909. The second-order valence-electron chi connectivity index (χ2n) is 3.07. The van der Waals surface area contributed by atoms with Crippen LogP contribution in [0.25, 0.3) is 0 Å². The van der Waals surface area contributed by atoms with Crippen LogP contribution in [0.1, 0.15) is 4.88 Å². The van der Waals surface area contributed by atoms with Crippen molar-refractivity contribution in [3.8, 4) is 5.75 Å². The number of rotatable bonds is 3. The molecule has 0 amide bonds. The first-order chi connectivity index (χ1) is 7.65. The van der Waals surface area contributed by atoms with Crippen molar-refractivity contribution in [3.05, 3.63) is 47.9 Å². The van der Waals surface area contributed by atoms with Crippen LogP contribution in [0.3, 0.4) is 0 Å². The van der Waals surface area contributed by atoms with Gasteiger partial charge in [-0.2, -0.15) is 0 Å². The summed E-state index contributed by atoms with van der Waals surface area (Å²) >= 11 is 12.0. The zero-order valence-electron chi connectivity index (χ0n) is 8.04. The molecule has 16 heavy (non-hydrogen) atoms. The first-order valence-corrected chi connectivity index (χ1v) is 7.67. The van der Waals surface area contributed by atoms with Crippen LogP contribution >= 0.6 is 59.1 Å². The molecular formula is C11H7Br3OS. The van der Waals surface area contributed by atoms with Gasteiger partial charge >= 0.3 is 0 Å². The summed E-state index contributed by atoms with van der Waals surface area (Å²) < 4.78 is 8.83. The van der Waals surface area contributed by atoms with Crippen molar-refractivity contribution >= 4 is 59.1 Å². The summed E-state index contributed by atoms with van der Waals surface area (Å²) in [5, 5.41) is 0. The molecule has 0 atom stereocenters. The molecule has 2 aromatic rings. The van der Waals surface area contributed by atoms with Crippen LogP contribution in [0.4, 0.5) is 0 Å². The summed E-state index contributed by atoms with van der Waals surface area (Å²) in [6.07, 6.45) is 0. The minimum atomic E-state index is 0.594. The Bertz CT molecular complexity index is 496. The number of ether oxygens (including phenoxy) is 1. The molecule has 0 fully saturated rings. The van der Waals surface area contributed by atoms with Crippen molar-refractivity contribution in [3.63, 3.8) is 0 Å². The van der Waals surface area contributed by atoms with E-state index in [4.69, 9.17) is 4.74 Å². The molecule has 0 radical (unpaired) electrons. The quantitative estimate of drug-likeness (QED) is 0.619. The third-order valence-electron chi connectivity index (χ3n) is 1.89. The molecule has 5 heteroatoms. The predicted molar refractivity (Wildman–Crippen MR) is 78.2 cm³/mol. The van der Waals surface area contributed by atoms with Crippen molar-refractivity contribution in [2.75, 3.05) is 0 Å². The Kier molecular flexibility index (Phi) is 4.47. The molecule has 2 rings (SSSR count). The van der Waals surface area contributed by atoms with Crippen LogP contribution in [0, 0.1) is 0 Å². The topological polar surface area (TPSA) is 9.23 Å². The summed E-state index contributed by atoms with van der Waals surface area (Å²) in [5.41, 5.74) is 0. The number of halogens is 3. The lowest BCUT2D eigenvalue weighted by Gasteiger charge is -2.06. The molecule has 0 saturated carbocycles. The van der Waals surface area contributed by atoms with Gasteiger partial charge in [0.25, 0.3) is 0 Å². The van der Waals surface area contributed by atoms with E-state index >= 15 is 0 Å². The molecule has 1 heterocycles. The molecule has 0 N–H and O–H groups in total. The smallest absolute Gasteiger partial charge is 0.134 e. The summed E-state index contributed by atoms with van der Waals surface area (Å²) in [4.78, 5) is 1.20. The molecule has 0 spiro atoms. The molecule has 0 aliphatic carbocycles. The lowest BCUT2D eigenvalue weighted by molar-refractivity contribution is 0.308. The van der Waals surface area contributed by atoms with Crippen molar-refractivity contribution in [2.45, 2.75) is 6.61 Å². The maximum atomic E-state index is 5.71. The Balaban J connectivity index is 2.04. The van der Waals surface area contributed by atoms with E-state index in [-0.39, 0.29) is 0 Å². The Hall–Kier alpha value is 0.160. The number of benzene rings is 1. The highest BCUT2D eigenvalue weighted by Gasteiger charge is 2.03. The van der Waals surface area contributed by atoms with Crippen LogP contribution in [0.5, 0.6) is 5.75 Å². The van der Waals surface area contributed by atoms with E-state index in [2.05, 4.69) is 53.9 Å². The minimum Gasteiger partial charge on any atom is -0.487 e. The van der Waals surface area contributed by atoms with Gasteiger partial charge in [-0.1, -0.05) is 15.9 Å². The summed E-state index contributed by atoms with van der Waals surface area (Å²) in [7, 11) is 0. The largest absolute Gasteiger partial charge is 0.487 e. The van der Waals surface area contributed by atoms with Gasteiger partial charge in [-0.25, -0.2) is 0 Å². The first-order valence-electron chi connectivity index (χ1n) is 4.47. The monoisotopic (exact) mass is 424 g/mol. The maximum absolute atomic E-state index is 5.71. The van der Waals surface area contributed by atoms with E-state index in [1.165, 1.54) is 4.88 Å². The van der Waals surface area contributed by atoms with E-state index in [1.54, 1.807) is 11.3 Å². The van der Waals surface area contributed by atoms with Gasteiger partial charge < -0.3 is 4.74 Å². The fourth-order valence-electron chi connectivity index (χ4n) is 1.17. The second-order valence-corrected chi connectivity index (χ2v) is 7.39. The second kappa shape index (κ2) is 5.67. The van der Waals surface area contributed by atoms with Gasteiger partial charge in [0.05, 0.1) is 8.26 Å². The highest BCUT2D eigenvalue weighted by molar-refractivity contribution is 9.11. The van der Waals surface area contributed by atoms with E-state index < -0.39 is 0 Å². The molecule has 1 aromatic carbocycles. The zero-order chi connectivity index (χ0) is 11.5. The van der Waals surface area contributed by atoms with Crippen LogP contribution in [-0.2, 0) is 6.61 Å². The molecule has 0 aliphatic rings. The van der Waals surface area contributed by atoms with Gasteiger partial charge in [0.2, 0.25) is 0 Å². The third-order valence-corrected chi connectivity index (χ3v) is 4.60. The Morgan fingerprint density at radius 1 is 1.06 bits per heavy atom. The molecule has 0 saturated heterocycles. The molecular weight excluding hydrogens is 420 g/mol. The van der Waals surface area contributed by atoms with Crippen LogP contribution in [-0.4, -0.2) is 0 Å². The summed E-state index contributed by atoms with van der Waals surface area (Å²) in [6.45, 7) is 0.594. The lowest BCUT2D eigenvalue weighted by atomic mass is 10.3. The van der Waals surface area contributed by atoms with Crippen molar-refractivity contribution in [2.24, 2.45) is 0 Å². The molecule has 0 bridgehead atoms. The van der Waals surface area contributed by atoms with E-state index in [0.717, 1.165) is 18.5 Å². The van der Waals surface area contributed by atoms with Gasteiger partial charge in [-0.05, 0) is 62.2 Å². The predicted octanol–water partition coefficient (Wildman–Crippen LogP) is 5.61.